The van der Waals surface area contributed by atoms with Gasteiger partial charge in [-0.1, -0.05) is 13.8 Å². The van der Waals surface area contributed by atoms with E-state index in [0.29, 0.717) is 12.5 Å². The lowest BCUT2D eigenvalue weighted by Gasteiger charge is -2.26. The number of hydrogen-bond acceptors (Lipinski definition) is 3. The molecule has 126 valence electrons. The van der Waals surface area contributed by atoms with E-state index >= 15 is 0 Å². The van der Waals surface area contributed by atoms with E-state index < -0.39 is 5.60 Å². The summed E-state index contributed by atoms with van der Waals surface area (Å²) in [6.45, 7) is 14.4. The molecule has 1 aromatic heterocycles. The van der Waals surface area contributed by atoms with Crippen LogP contribution in [0.5, 0.6) is 0 Å². The van der Waals surface area contributed by atoms with Gasteiger partial charge in [-0.25, -0.2) is 4.79 Å². The number of carbonyl (C=O) groups excluding carboxylic acids is 1. The molecule has 1 rings (SSSR count). The van der Waals surface area contributed by atoms with E-state index in [2.05, 4.69) is 54.3 Å². The van der Waals surface area contributed by atoms with Crippen LogP contribution >= 0.6 is 0 Å². The number of rotatable bonds is 7. The first kappa shape index (κ1) is 18.6. The number of hydrogen-bond donors (Lipinski definition) is 2. The second kappa shape index (κ2) is 8.22. The topological polar surface area (TPSA) is 55.3 Å². The van der Waals surface area contributed by atoms with Crippen LogP contribution in [0.15, 0.2) is 18.3 Å². The van der Waals surface area contributed by atoms with Crippen LogP contribution in [-0.2, 0) is 17.8 Å². The number of ether oxygens (including phenoxy) is 1. The van der Waals surface area contributed by atoms with E-state index in [9.17, 15) is 4.79 Å². The first-order valence-electron chi connectivity index (χ1n) is 8.07. The number of amides is 1. The number of aromatic nitrogens is 1. The molecule has 0 saturated carbocycles. The Morgan fingerprint density at radius 3 is 2.59 bits per heavy atom. The van der Waals surface area contributed by atoms with Gasteiger partial charge in [-0.15, -0.1) is 0 Å². The fraction of sp³-hybridized carbons (Fsp3) is 0.706. The van der Waals surface area contributed by atoms with Crippen LogP contribution in [0.25, 0.3) is 0 Å². The van der Waals surface area contributed by atoms with Gasteiger partial charge in [0.1, 0.15) is 5.60 Å². The normalized spacial score (nSPS) is 13.2. The Balaban J connectivity index is 2.46. The number of aryl methyl sites for hydroxylation is 1. The van der Waals surface area contributed by atoms with Gasteiger partial charge < -0.3 is 19.9 Å². The van der Waals surface area contributed by atoms with Gasteiger partial charge in [-0.3, -0.25) is 0 Å². The summed E-state index contributed by atoms with van der Waals surface area (Å²) < 4.78 is 7.53. The van der Waals surface area contributed by atoms with Gasteiger partial charge in [-0.2, -0.15) is 0 Å². The highest BCUT2D eigenvalue weighted by Gasteiger charge is 2.21. The van der Waals surface area contributed by atoms with Crippen molar-refractivity contribution in [1.82, 2.24) is 15.2 Å². The first-order valence-corrected chi connectivity index (χ1v) is 8.07. The SMILES string of the molecule is CCn1cccc1CNCC(NC(=O)OC(C)(C)C)C(C)C. The third kappa shape index (κ3) is 6.52. The van der Waals surface area contributed by atoms with Crippen molar-refractivity contribution in [3.63, 3.8) is 0 Å². The Morgan fingerprint density at radius 2 is 2.05 bits per heavy atom. The van der Waals surface area contributed by atoms with Crippen molar-refractivity contribution >= 4 is 6.09 Å². The lowest BCUT2D eigenvalue weighted by molar-refractivity contribution is 0.0490. The van der Waals surface area contributed by atoms with Gasteiger partial charge in [0, 0.05) is 37.6 Å². The minimum atomic E-state index is -0.471. The largest absolute Gasteiger partial charge is 0.444 e. The summed E-state index contributed by atoms with van der Waals surface area (Å²) in [7, 11) is 0. The summed E-state index contributed by atoms with van der Waals surface area (Å²) in [5.41, 5.74) is 0.781. The highest BCUT2D eigenvalue weighted by Crippen LogP contribution is 2.09. The minimum Gasteiger partial charge on any atom is -0.444 e. The van der Waals surface area contributed by atoms with Crippen molar-refractivity contribution in [1.29, 1.82) is 0 Å². The number of nitrogens with zero attached hydrogens (tertiary/aromatic N) is 1. The molecule has 1 aromatic rings. The first-order chi connectivity index (χ1) is 10.2. The van der Waals surface area contributed by atoms with E-state index in [0.717, 1.165) is 13.1 Å². The fourth-order valence-corrected chi connectivity index (χ4v) is 2.19. The Morgan fingerprint density at radius 1 is 1.36 bits per heavy atom. The molecule has 0 radical (unpaired) electrons. The molecule has 0 aliphatic heterocycles. The summed E-state index contributed by atoms with van der Waals surface area (Å²) in [6, 6.07) is 4.21. The molecule has 1 heterocycles. The summed E-state index contributed by atoms with van der Waals surface area (Å²) in [6.07, 6.45) is 1.72. The van der Waals surface area contributed by atoms with Gasteiger partial charge in [0.2, 0.25) is 0 Å². The second-order valence-electron chi connectivity index (χ2n) is 6.91. The van der Waals surface area contributed by atoms with E-state index in [1.54, 1.807) is 0 Å². The van der Waals surface area contributed by atoms with Crippen LogP contribution in [-0.4, -0.2) is 28.8 Å². The molecule has 0 saturated heterocycles. The predicted octanol–water partition coefficient (Wildman–Crippen LogP) is 3.15. The Hall–Kier alpha value is -1.49. The van der Waals surface area contributed by atoms with Crippen LogP contribution < -0.4 is 10.6 Å². The van der Waals surface area contributed by atoms with E-state index in [1.807, 2.05) is 20.8 Å². The zero-order valence-electron chi connectivity index (χ0n) is 14.8. The maximum absolute atomic E-state index is 11.9. The van der Waals surface area contributed by atoms with E-state index in [4.69, 9.17) is 4.74 Å². The van der Waals surface area contributed by atoms with Crippen molar-refractivity contribution in [2.75, 3.05) is 6.54 Å². The van der Waals surface area contributed by atoms with Gasteiger partial charge in [0.15, 0.2) is 0 Å². The standard InChI is InChI=1S/C17H31N3O2/c1-7-20-10-8-9-14(20)11-18-12-15(13(2)3)19-16(21)22-17(4,5)6/h8-10,13,15,18H,7,11-12H2,1-6H3,(H,19,21). The molecule has 2 N–H and O–H groups in total. The predicted molar refractivity (Wildman–Crippen MR) is 89.8 cm³/mol. The molecule has 5 nitrogen and oxygen atoms in total. The smallest absolute Gasteiger partial charge is 0.407 e. The Kier molecular flexibility index (Phi) is 6.94. The van der Waals surface area contributed by atoms with Crippen molar-refractivity contribution in [2.45, 2.75) is 66.3 Å². The molecule has 0 fully saturated rings. The average molecular weight is 309 g/mol. The number of carbonyl (C=O) groups is 1. The molecule has 0 bridgehead atoms. The summed E-state index contributed by atoms with van der Waals surface area (Å²) in [5, 5.41) is 6.37. The monoisotopic (exact) mass is 309 g/mol. The number of nitrogens with one attached hydrogen (secondary N) is 2. The molecule has 1 unspecified atom stereocenters. The van der Waals surface area contributed by atoms with E-state index in [1.165, 1.54) is 5.69 Å². The quantitative estimate of drug-likeness (QED) is 0.813. The second-order valence-corrected chi connectivity index (χ2v) is 6.91. The molecule has 0 aliphatic carbocycles. The lowest BCUT2D eigenvalue weighted by Crippen LogP contribution is -2.47. The summed E-state index contributed by atoms with van der Waals surface area (Å²) >= 11 is 0. The summed E-state index contributed by atoms with van der Waals surface area (Å²) in [5.74, 6) is 0.331. The Labute approximate surface area is 134 Å². The van der Waals surface area contributed by atoms with E-state index in [-0.39, 0.29) is 12.1 Å². The zero-order valence-corrected chi connectivity index (χ0v) is 14.8. The van der Waals surface area contributed by atoms with Crippen LogP contribution in [0.1, 0.15) is 47.2 Å². The molecule has 1 amide bonds. The zero-order chi connectivity index (χ0) is 16.8. The van der Waals surface area contributed by atoms with Crippen LogP contribution in [0, 0.1) is 5.92 Å². The highest BCUT2D eigenvalue weighted by molar-refractivity contribution is 5.68. The van der Waals surface area contributed by atoms with Crippen molar-refractivity contribution < 1.29 is 9.53 Å². The minimum absolute atomic E-state index is 0.0416. The molecule has 0 spiro atoms. The lowest BCUT2D eigenvalue weighted by atomic mass is 10.0. The molecule has 0 aliphatic rings. The number of alkyl carbamates (subject to hydrolysis) is 1. The van der Waals surface area contributed by atoms with Crippen LogP contribution in [0.2, 0.25) is 0 Å². The third-order valence-electron chi connectivity index (χ3n) is 3.44. The molecule has 1 atom stereocenters. The average Bonchev–Trinajstić information content (AvgIpc) is 2.82. The maximum Gasteiger partial charge on any atom is 0.407 e. The molecule has 0 aromatic carbocycles. The molecular weight excluding hydrogens is 278 g/mol. The van der Waals surface area contributed by atoms with Gasteiger partial charge in [-0.05, 0) is 45.7 Å². The highest BCUT2D eigenvalue weighted by atomic mass is 16.6. The fourth-order valence-electron chi connectivity index (χ4n) is 2.19. The van der Waals surface area contributed by atoms with Crippen LogP contribution in [0.3, 0.4) is 0 Å². The molecule has 5 heteroatoms. The van der Waals surface area contributed by atoms with Gasteiger partial charge in [0.05, 0.1) is 0 Å². The Bertz CT molecular complexity index is 461. The van der Waals surface area contributed by atoms with Gasteiger partial charge in [0.25, 0.3) is 0 Å². The van der Waals surface area contributed by atoms with Crippen molar-refractivity contribution in [3.05, 3.63) is 24.0 Å². The molecule has 22 heavy (non-hydrogen) atoms. The molecular formula is C17H31N3O2. The van der Waals surface area contributed by atoms with Crippen molar-refractivity contribution in [2.24, 2.45) is 5.92 Å². The summed E-state index contributed by atoms with van der Waals surface area (Å²) in [4.78, 5) is 11.9. The third-order valence-corrected chi connectivity index (χ3v) is 3.44. The van der Waals surface area contributed by atoms with Crippen LogP contribution in [0.4, 0.5) is 4.79 Å². The van der Waals surface area contributed by atoms with Gasteiger partial charge >= 0.3 is 6.09 Å². The maximum atomic E-state index is 11.9. The van der Waals surface area contributed by atoms with Crippen molar-refractivity contribution in [3.8, 4) is 0 Å².